The Labute approximate surface area is 344 Å². The molecule has 0 aliphatic rings. The van der Waals surface area contributed by atoms with Gasteiger partial charge >= 0.3 is 0 Å². The monoisotopic (exact) mass is 772 g/mol. The van der Waals surface area contributed by atoms with Gasteiger partial charge in [-0.15, -0.1) is 0 Å². The summed E-state index contributed by atoms with van der Waals surface area (Å²) in [4.78, 5) is 12.3. The number of aliphatic hydroxyl groups excluding tert-OH is 2. The quantitative estimate of drug-likeness (QED) is 0.0426. The van der Waals surface area contributed by atoms with Crippen LogP contribution in [-0.4, -0.2) is 34.9 Å². The Bertz CT molecular complexity index is 836. The van der Waals surface area contributed by atoms with Crippen molar-refractivity contribution >= 4 is 5.91 Å². The Morgan fingerprint density at radius 3 is 1.11 bits per heavy atom. The third-order valence-corrected chi connectivity index (χ3v) is 11.3. The van der Waals surface area contributed by atoms with E-state index in [0.29, 0.717) is 6.42 Å². The molecule has 0 aliphatic heterocycles. The van der Waals surface area contributed by atoms with Crippen LogP contribution in [0.3, 0.4) is 0 Å². The Hall–Kier alpha value is -1.39. The maximum atomic E-state index is 12.3. The SMILES string of the molecule is CCCC/C=C\CCCCCCCC(=O)NC(CO)C(O)/C=C/CC/C=C/CCCCCCCCCCCCCCCCCCCCCCCCCCCC. The van der Waals surface area contributed by atoms with Crippen LogP contribution in [0.15, 0.2) is 36.5 Å². The maximum absolute atomic E-state index is 12.3. The molecular formula is C51H97NO3. The number of rotatable bonds is 45. The fourth-order valence-corrected chi connectivity index (χ4v) is 7.53. The van der Waals surface area contributed by atoms with E-state index >= 15 is 0 Å². The Morgan fingerprint density at radius 2 is 0.727 bits per heavy atom. The minimum absolute atomic E-state index is 0.0840. The van der Waals surface area contributed by atoms with E-state index in [-0.39, 0.29) is 12.5 Å². The van der Waals surface area contributed by atoms with E-state index < -0.39 is 12.1 Å². The third kappa shape index (κ3) is 43.6. The molecule has 1 amide bonds. The van der Waals surface area contributed by atoms with E-state index in [1.165, 1.54) is 199 Å². The summed E-state index contributed by atoms with van der Waals surface area (Å²) in [5.74, 6) is -0.0840. The van der Waals surface area contributed by atoms with Crippen molar-refractivity contribution < 1.29 is 15.0 Å². The second-order valence-corrected chi connectivity index (χ2v) is 16.9. The van der Waals surface area contributed by atoms with Crippen LogP contribution in [0.25, 0.3) is 0 Å². The van der Waals surface area contributed by atoms with Gasteiger partial charge in [0.25, 0.3) is 0 Å². The van der Waals surface area contributed by atoms with Gasteiger partial charge in [0.15, 0.2) is 0 Å². The van der Waals surface area contributed by atoms with Crippen LogP contribution in [0, 0.1) is 0 Å². The van der Waals surface area contributed by atoms with Crippen LogP contribution in [0.1, 0.15) is 264 Å². The topological polar surface area (TPSA) is 69.6 Å². The van der Waals surface area contributed by atoms with Gasteiger partial charge < -0.3 is 15.5 Å². The van der Waals surface area contributed by atoms with Gasteiger partial charge in [-0.1, -0.05) is 243 Å². The van der Waals surface area contributed by atoms with E-state index in [0.717, 1.165) is 44.9 Å². The molecule has 2 atom stereocenters. The van der Waals surface area contributed by atoms with Crippen LogP contribution >= 0.6 is 0 Å². The van der Waals surface area contributed by atoms with Crippen molar-refractivity contribution in [2.45, 2.75) is 276 Å². The maximum Gasteiger partial charge on any atom is 0.220 e. The van der Waals surface area contributed by atoms with E-state index in [1.54, 1.807) is 6.08 Å². The number of hydrogen-bond acceptors (Lipinski definition) is 3. The number of carbonyl (C=O) groups is 1. The van der Waals surface area contributed by atoms with Crippen LogP contribution in [0.5, 0.6) is 0 Å². The number of nitrogens with one attached hydrogen (secondary N) is 1. The molecule has 55 heavy (non-hydrogen) atoms. The fourth-order valence-electron chi connectivity index (χ4n) is 7.53. The van der Waals surface area contributed by atoms with Crippen LogP contribution in [0.4, 0.5) is 0 Å². The highest BCUT2D eigenvalue weighted by Gasteiger charge is 2.17. The van der Waals surface area contributed by atoms with Crippen molar-refractivity contribution in [1.29, 1.82) is 0 Å². The first-order valence-electron chi connectivity index (χ1n) is 24.7. The second kappa shape index (κ2) is 47.0. The van der Waals surface area contributed by atoms with E-state index in [1.807, 2.05) is 6.08 Å². The standard InChI is InChI=1S/C51H97NO3/c1-3-5-7-9-11-13-15-16-17-18-19-20-21-22-23-24-25-26-27-28-29-30-31-32-33-34-35-37-38-40-42-44-46-50(54)49(48-53)52-51(55)47-45-43-41-39-36-14-12-10-8-6-4-2/h10,12,37-38,44,46,49-50,53-54H,3-9,11,13-36,39-43,45,47-48H2,1-2H3,(H,52,55)/b12-10-,38-37+,46-44+. The number of carbonyl (C=O) groups excluding carboxylic acids is 1. The van der Waals surface area contributed by atoms with Crippen LogP contribution in [-0.2, 0) is 4.79 Å². The summed E-state index contributed by atoms with van der Waals surface area (Å²) in [6, 6.07) is -0.641. The number of hydrogen-bond donors (Lipinski definition) is 3. The molecule has 324 valence electrons. The van der Waals surface area contributed by atoms with Gasteiger partial charge in [-0.3, -0.25) is 4.79 Å². The van der Waals surface area contributed by atoms with Crippen LogP contribution in [0.2, 0.25) is 0 Å². The van der Waals surface area contributed by atoms with Crippen molar-refractivity contribution in [2.75, 3.05) is 6.61 Å². The van der Waals surface area contributed by atoms with Gasteiger partial charge in [-0.2, -0.15) is 0 Å². The van der Waals surface area contributed by atoms with E-state index in [4.69, 9.17) is 0 Å². The van der Waals surface area contributed by atoms with Gasteiger partial charge in [0, 0.05) is 6.42 Å². The fraction of sp³-hybridized carbons (Fsp3) is 0.863. The Balaban J connectivity index is 3.47. The molecule has 3 N–H and O–H groups in total. The van der Waals surface area contributed by atoms with E-state index in [9.17, 15) is 15.0 Å². The molecule has 0 heterocycles. The van der Waals surface area contributed by atoms with E-state index in [2.05, 4.69) is 43.5 Å². The predicted octanol–water partition coefficient (Wildman–Crippen LogP) is 15.7. The normalized spacial score (nSPS) is 13.2. The molecular weight excluding hydrogens is 675 g/mol. The van der Waals surface area contributed by atoms with Gasteiger partial charge in [0.2, 0.25) is 5.91 Å². The van der Waals surface area contributed by atoms with Crippen molar-refractivity contribution in [3.63, 3.8) is 0 Å². The first-order valence-corrected chi connectivity index (χ1v) is 24.7. The lowest BCUT2D eigenvalue weighted by molar-refractivity contribution is -0.123. The molecule has 0 aromatic carbocycles. The zero-order chi connectivity index (χ0) is 40.0. The first kappa shape index (κ1) is 53.6. The number of amides is 1. The lowest BCUT2D eigenvalue weighted by atomic mass is 10.0. The average molecular weight is 772 g/mol. The minimum atomic E-state index is -0.864. The van der Waals surface area contributed by atoms with Gasteiger partial charge in [-0.25, -0.2) is 0 Å². The molecule has 0 aromatic rings. The summed E-state index contributed by atoms with van der Waals surface area (Å²) in [6.07, 6.45) is 63.0. The second-order valence-electron chi connectivity index (χ2n) is 16.9. The molecule has 0 aromatic heterocycles. The smallest absolute Gasteiger partial charge is 0.220 e. The minimum Gasteiger partial charge on any atom is -0.394 e. The molecule has 0 saturated carbocycles. The predicted molar refractivity (Wildman–Crippen MR) is 244 cm³/mol. The molecule has 0 bridgehead atoms. The summed E-state index contributed by atoms with van der Waals surface area (Å²) in [5.41, 5.74) is 0. The largest absolute Gasteiger partial charge is 0.394 e. The third-order valence-electron chi connectivity index (χ3n) is 11.3. The van der Waals surface area contributed by atoms with Gasteiger partial charge in [0.05, 0.1) is 18.8 Å². The van der Waals surface area contributed by atoms with Crippen LogP contribution < -0.4 is 5.32 Å². The summed E-state index contributed by atoms with van der Waals surface area (Å²) in [7, 11) is 0. The van der Waals surface area contributed by atoms with Crippen molar-refractivity contribution in [1.82, 2.24) is 5.32 Å². The Kier molecular flexibility index (Phi) is 45.8. The summed E-state index contributed by atoms with van der Waals surface area (Å²) >= 11 is 0. The number of aliphatic hydroxyl groups is 2. The zero-order valence-electron chi connectivity index (χ0n) is 37.2. The molecule has 0 rings (SSSR count). The summed E-state index contributed by atoms with van der Waals surface area (Å²) in [6.45, 7) is 4.26. The summed E-state index contributed by atoms with van der Waals surface area (Å²) in [5, 5.41) is 23.0. The molecule has 4 heteroatoms. The van der Waals surface area contributed by atoms with Crippen molar-refractivity contribution in [3.05, 3.63) is 36.5 Å². The van der Waals surface area contributed by atoms with Crippen molar-refractivity contribution in [2.24, 2.45) is 0 Å². The highest BCUT2D eigenvalue weighted by atomic mass is 16.3. The number of unbranched alkanes of at least 4 members (excludes halogenated alkanes) is 34. The summed E-state index contributed by atoms with van der Waals surface area (Å²) < 4.78 is 0. The van der Waals surface area contributed by atoms with Gasteiger partial charge in [-0.05, 0) is 51.4 Å². The highest BCUT2D eigenvalue weighted by Crippen LogP contribution is 2.16. The molecule has 0 fully saturated rings. The lowest BCUT2D eigenvalue weighted by Crippen LogP contribution is -2.45. The molecule has 0 radical (unpaired) electrons. The molecule has 2 unspecified atom stereocenters. The first-order chi connectivity index (χ1) is 27.2. The van der Waals surface area contributed by atoms with Crippen molar-refractivity contribution in [3.8, 4) is 0 Å². The molecule has 0 aliphatic carbocycles. The number of allylic oxidation sites excluding steroid dienone is 5. The molecule has 4 nitrogen and oxygen atoms in total. The van der Waals surface area contributed by atoms with Gasteiger partial charge in [0.1, 0.15) is 0 Å². The highest BCUT2D eigenvalue weighted by molar-refractivity contribution is 5.76. The lowest BCUT2D eigenvalue weighted by Gasteiger charge is -2.19. The molecule has 0 spiro atoms. The molecule has 0 saturated heterocycles. The Morgan fingerprint density at radius 1 is 0.418 bits per heavy atom. The zero-order valence-corrected chi connectivity index (χ0v) is 37.2. The average Bonchev–Trinajstić information content (AvgIpc) is 3.19.